The number of hydrogen-bond donors (Lipinski definition) is 4. The summed E-state index contributed by atoms with van der Waals surface area (Å²) in [4.78, 5) is 0. The second-order valence-electron chi connectivity index (χ2n) is 3.01. The number of rotatable bonds is 3. The van der Waals surface area contributed by atoms with Gasteiger partial charge < -0.3 is 24.8 Å². The first-order valence-corrected chi connectivity index (χ1v) is 4.47. The van der Waals surface area contributed by atoms with Crippen molar-refractivity contribution in [1.29, 1.82) is 0 Å². The van der Waals surface area contributed by atoms with Crippen LogP contribution >= 0.6 is 12.9 Å². The third-order valence-electron chi connectivity index (χ3n) is 2.20. The lowest BCUT2D eigenvalue weighted by Crippen LogP contribution is -2.59. The van der Waals surface area contributed by atoms with E-state index in [4.69, 9.17) is 14.6 Å². The van der Waals surface area contributed by atoms with Crippen molar-refractivity contribution in [3.63, 3.8) is 0 Å². The molecule has 14 heavy (non-hydrogen) atoms. The third-order valence-corrected chi connectivity index (χ3v) is 2.41. The minimum atomic E-state index is -1.14. The molecule has 0 radical (unpaired) electrons. The molecular weight excluding hydrogens is 212 g/mol. The van der Waals surface area contributed by atoms with Crippen LogP contribution in [-0.2, 0) is 13.7 Å². The molecule has 0 aromatic rings. The van der Waals surface area contributed by atoms with E-state index in [1.807, 2.05) is 0 Å². The third kappa shape index (κ3) is 2.19. The Kier molecular flexibility index (Phi) is 4.58. The van der Waals surface area contributed by atoms with E-state index in [1.54, 1.807) is 0 Å². The van der Waals surface area contributed by atoms with Crippen LogP contribution in [0, 0.1) is 0 Å². The second kappa shape index (κ2) is 5.26. The fourth-order valence-electron chi connectivity index (χ4n) is 1.42. The smallest absolute Gasteiger partial charge is 0.199 e. The maximum Gasteiger partial charge on any atom is 0.199 e. The number of hydrogen-bond acceptors (Lipinski definition) is 7. The lowest BCUT2D eigenvalue weighted by atomic mass is 9.99. The molecule has 3 N–H and O–H groups in total. The van der Waals surface area contributed by atoms with Gasteiger partial charge in [0, 0.05) is 7.11 Å². The van der Waals surface area contributed by atoms with E-state index in [0.717, 1.165) is 0 Å². The monoisotopic (exact) mass is 226 g/mol. The maximum atomic E-state index is 9.56. The molecule has 1 aliphatic heterocycles. The lowest BCUT2D eigenvalue weighted by Gasteiger charge is -2.40. The SMILES string of the molecule is COC1C(O)C(CO)OC(OS)C1O. The summed E-state index contributed by atoms with van der Waals surface area (Å²) in [5, 5.41) is 28.0. The van der Waals surface area contributed by atoms with Crippen LogP contribution < -0.4 is 0 Å². The Morgan fingerprint density at radius 1 is 1.36 bits per heavy atom. The highest BCUT2D eigenvalue weighted by atomic mass is 32.1. The summed E-state index contributed by atoms with van der Waals surface area (Å²) in [7, 11) is 1.34. The van der Waals surface area contributed by atoms with Crippen LogP contribution in [0.4, 0.5) is 0 Å². The fourth-order valence-corrected chi connectivity index (χ4v) is 1.59. The molecule has 0 bridgehead atoms. The summed E-state index contributed by atoms with van der Waals surface area (Å²) >= 11 is 3.51. The molecule has 0 amide bonds. The van der Waals surface area contributed by atoms with E-state index in [9.17, 15) is 10.2 Å². The minimum Gasteiger partial charge on any atom is -0.394 e. The van der Waals surface area contributed by atoms with Gasteiger partial charge in [0.25, 0.3) is 0 Å². The predicted molar refractivity (Wildman–Crippen MR) is 48.6 cm³/mol. The van der Waals surface area contributed by atoms with Crippen molar-refractivity contribution in [2.24, 2.45) is 0 Å². The largest absolute Gasteiger partial charge is 0.394 e. The number of thiol groups is 1. The summed E-state index contributed by atoms with van der Waals surface area (Å²) in [6.07, 6.45) is -4.97. The average molecular weight is 226 g/mol. The summed E-state index contributed by atoms with van der Waals surface area (Å²) in [6, 6.07) is 0. The summed E-state index contributed by atoms with van der Waals surface area (Å²) in [5.41, 5.74) is 0. The molecular formula is C7H14O6S. The standard InChI is InChI=1S/C7H14O6S/c1-11-6-4(9)3(2-8)12-7(13-14)5(6)10/h3-10,14H,2H2,1H3. The zero-order chi connectivity index (χ0) is 10.7. The van der Waals surface area contributed by atoms with E-state index in [2.05, 4.69) is 17.1 Å². The first-order chi connectivity index (χ1) is 6.65. The molecule has 0 aromatic carbocycles. The minimum absolute atomic E-state index is 0.388. The molecule has 5 unspecified atom stereocenters. The van der Waals surface area contributed by atoms with Crippen LogP contribution in [0.3, 0.4) is 0 Å². The van der Waals surface area contributed by atoms with Crippen LogP contribution in [0.5, 0.6) is 0 Å². The molecule has 1 saturated heterocycles. The predicted octanol–water partition coefficient (Wildman–Crippen LogP) is -1.70. The molecule has 0 saturated carbocycles. The Morgan fingerprint density at radius 2 is 2.00 bits per heavy atom. The molecule has 6 nitrogen and oxygen atoms in total. The molecule has 0 spiro atoms. The number of aliphatic hydroxyl groups excluding tert-OH is 3. The lowest BCUT2D eigenvalue weighted by molar-refractivity contribution is -0.278. The molecule has 84 valence electrons. The van der Waals surface area contributed by atoms with E-state index in [1.165, 1.54) is 7.11 Å². The Morgan fingerprint density at radius 3 is 2.43 bits per heavy atom. The number of methoxy groups -OCH3 is 1. The second-order valence-corrected chi connectivity index (χ2v) is 3.22. The molecule has 7 heteroatoms. The zero-order valence-electron chi connectivity index (χ0n) is 7.61. The van der Waals surface area contributed by atoms with E-state index < -0.39 is 30.7 Å². The van der Waals surface area contributed by atoms with Gasteiger partial charge in [-0.15, -0.1) is 0 Å². The Hall–Kier alpha value is 0.110. The Balaban J connectivity index is 2.72. The molecule has 1 heterocycles. The van der Waals surface area contributed by atoms with Crippen molar-refractivity contribution < 1.29 is 29.0 Å². The van der Waals surface area contributed by atoms with Crippen LogP contribution in [0.1, 0.15) is 0 Å². The molecule has 1 fully saturated rings. The molecule has 1 aliphatic rings. The van der Waals surface area contributed by atoms with Gasteiger partial charge in [0.15, 0.2) is 6.29 Å². The normalized spacial score (nSPS) is 43.9. The highest BCUT2D eigenvalue weighted by molar-refractivity contribution is 7.75. The van der Waals surface area contributed by atoms with Gasteiger partial charge >= 0.3 is 0 Å². The summed E-state index contributed by atoms with van der Waals surface area (Å²) in [5.74, 6) is 0. The van der Waals surface area contributed by atoms with Crippen molar-refractivity contribution in [1.82, 2.24) is 0 Å². The Labute approximate surface area is 87.0 Å². The van der Waals surface area contributed by atoms with E-state index in [0.29, 0.717) is 0 Å². The highest BCUT2D eigenvalue weighted by Gasteiger charge is 2.45. The van der Waals surface area contributed by atoms with Gasteiger partial charge in [0.1, 0.15) is 24.4 Å². The van der Waals surface area contributed by atoms with Gasteiger partial charge in [-0.25, -0.2) is 0 Å². The van der Waals surface area contributed by atoms with Crippen molar-refractivity contribution in [3.8, 4) is 0 Å². The summed E-state index contributed by atoms with van der Waals surface area (Å²) in [6.45, 7) is -0.388. The molecule has 0 aromatic heterocycles. The van der Waals surface area contributed by atoms with Crippen LogP contribution in [0.15, 0.2) is 0 Å². The quantitative estimate of drug-likeness (QED) is 0.339. The van der Waals surface area contributed by atoms with Gasteiger partial charge in [0.05, 0.1) is 6.61 Å². The van der Waals surface area contributed by atoms with Gasteiger partial charge in [-0.05, 0) is 12.9 Å². The first-order valence-electron chi connectivity index (χ1n) is 4.11. The van der Waals surface area contributed by atoms with E-state index in [-0.39, 0.29) is 6.61 Å². The molecule has 5 atom stereocenters. The molecule has 0 aliphatic carbocycles. The topological polar surface area (TPSA) is 88.4 Å². The summed E-state index contributed by atoms with van der Waals surface area (Å²) < 4.78 is 14.4. The van der Waals surface area contributed by atoms with Crippen molar-refractivity contribution in [2.45, 2.75) is 30.7 Å². The van der Waals surface area contributed by atoms with Crippen molar-refractivity contribution in [2.75, 3.05) is 13.7 Å². The fraction of sp³-hybridized carbons (Fsp3) is 1.00. The highest BCUT2D eigenvalue weighted by Crippen LogP contribution is 2.24. The number of ether oxygens (including phenoxy) is 2. The van der Waals surface area contributed by atoms with Crippen LogP contribution in [-0.4, -0.2) is 59.7 Å². The van der Waals surface area contributed by atoms with Gasteiger partial charge in [0.2, 0.25) is 0 Å². The average Bonchev–Trinajstić information content (AvgIpc) is 2.19. The van der Waals surface area contributed by atoms with Gasteiger partial charge in [-0.3, -0.25) is 4.18 Å². The first kappa shape index (κ1) is 12.2. The molecule has 1 rings (SSSR count). The van der Waals surface area contributed by atoms with Gasteiger partial charge in [-0.2, -0.15) is 0 Å². The van der Waals surface area contributed by atoms with Gasteiger partial charge in [-0.1, -0.05) is 0 Å². The van der Waals surface area contributed by atoms with E-state index >= 15 is 0 Å². The zero-order valence-corrected chi connectivity index (χ0v) is 8.50. The van der Waals surface area contributed by atoms with Crippen LogP contribution in [0.25, 0.3) is 0 Å². The van der Waals surface area contributed by atoms with Crippen LogP contribution in [0.2, 0.25) is 0 Å². The Bertz CT molecular complexity index is 164. The maximum absolute atomic E-state index is 9.56. The van der Waals surface area contributed by atoms with Crippen molar-refractivity contribution >= 4 is 12.9 Å². The van der Waals surface area contributed by atoms with Crippen molar-refractivity contribution in [3.05, 3.63) is 0 Å². The number of aliphatic hydroxyl groups is 3.